The van der Waals surface area contributed by atoms with E-state index in [1.807, 2.05) is 48.5 Å². The lowest BCUT2D eigenvalue weighted by Crippen LogP contribution is -2.16. The normalized spacial score (nSPS) is 10.7. The molecule has 4 rings (SSSR count). The van der Waals surface area contributed by atoms with Crippen molar-refractivity contribution in [1.82, 2.24) is 19.9 Å². The third-order valence-corrected chi connectivity index (χ3v) is 5.09. The van der Waals surface area contributed by atoms with Crippen LogP contribution in [-0.2, 0) is 13.2 Å². The van der Waals surface area contributed by atoms with Crippen molar-refractivity contribution in [1.29, 1.82) is 0 Å². The number of aromatic amines is 1. The molecule has 0 atom stereocenters. The van der Waals surface area contributed by atoms with Crippen LogP contribution >= 0.6 is 35.4 Å². The monoisotopic (exact) mass is 457 g/mol. The van der Waals surface area contributed by atoms with Crippen LogP contribution in [0.25, 0.3) is 11.4 Å². The molecule has 0 aliphatic rings. The van der Waals surface area contributed by atoms with Gasteiger partial charge in [0.05, 0.1) is 6.54 Å². The number of hydrogen-bond donors (Lipinski definition) is 2. The summed E-state index contributed by atoms with van der Waals surface area (Å²) in [5.74, 6) is 1.37. The Morgan fingerprint density at radius 3 is 2.63 bits per heavy atom. The Morgan fingerprint density at radius 2 is 1.83 bits per heavy atom. The highest BCUT2D eigenvalue weighted by Gasteiger charge is 2.11. The van der Waals surface area contributed by atoms with Crippen LogP contribution < -0.4 is 10.2 Å². The van der Waals surface area contributed by atoms with Crippen molar-refractivity contribution < 1.29 is 4.74 Å². The molecular formula is C21H17Cl2N5OS. The topological polar surface area (TPSA) is 67.8 Å². The number of benzene rings is 2. The molecule has 0 aliphatic heterocycles. The minimum Gasteiger partial charge on any atom is -0.489 e. The number of halogens is 2. The number of nitrogens with zero attached hydrogens (tertiary/aromatic N) is 3. The SMILES string of the molecule is S=c1[nH]nc(-c2ccncc2)n1NCc1cc(Cl)ccc1OCc1cccc(Cl)c1. The van der Waals surface area contributed by atoms with Crippen LogP contribution in [0.15, 0.2) is 67.0 Å². The van der Waals surface area contributed by atoms with Crippen LogP contribution in [0.2, 0.25) is 10.0 Å². The van der Waals surface area contributed by atoms with E-state index in [1.54, 1.807) is 23.1 Å². The Labute approximate surface area is 188 Å². The van der Waals surface area contributed by atoms with E-state index in [-0.39, 0.29) is 0 Å². The second-order valence-corrected chi connectivity index (χ2v) is 7.69. The molecule has 0 aliphatic carbocycles. The maximum absolute atomic E-state index is 6.22. The van der Waals surface area contributed by atoms with Gasteiger partial charge in [-0.15, -0.1) is 0 Å². The molecule has 0 spiro atoms. The first-order valence-corrected chi connectivity index (χ1v) is 10.2. The van der Waals surface area contributed by atoms with Gasteiger partial charge in [-0.1, -0.05) is 35.3 Å². The van der Waals surface area contributed by atoms with Crippen molar-refractivity contribution in [3.8, 4) is 17.1 Å². The molecule has 2 heterocycles. The fourth-order valence-corrected chi connectivity index (χ4v) is 3.52. The summed E-state index contributed by atoms with van der Waals surface area (Å²) < 4.78 is 8.19. The van der Waals surface area contributed by atoms with Crippen molar-refractivity contribution in [3.63, 3.8) is 0 Å². The fourth-order valence-electron chi connectivity index (χ4n) is 2.92. The van der Waals surface area contributed by atoms with E-state index >= 15 is 0 Å². The molecule has 0 saturated heterocycles. The summed E-state index contributed by atoms with van der Waals surface area (Å²) in [6.45, 7) is 0.819. The minimum atomic E-state index is 0.391. The summed E-state index contributed by atoms with van der Waals surface area (Å²) in [5.41, 5.74) is 6.04. The van der Waals surface area contributed by atoms with Gasteiger partial charge in [0.15, 0.2) is 5.82 Å². The Bertz CT molecular complexity index is 1210. The molecular weight excluding hydrogens is 441 g/mol. The standard InChI is InChI=1S/C21H17Cl2N5OS/c22-17-3-1-2-14(10-17)13-29-19-5-4-18(23)11-16(19)12-25-28-20(26-27-21(28)30)15-6-8-24-9-7-15/h1-11,25H,12-13H2,(H,27,30). The van der Waals surface area contributed by atoms with E-state index in [1.165, 1.54) is 0 Å². The lowest BCUT2D eigenvalue weighted by Gasteiger charge is -2.15. The summed E-state index contributed by atoms with van der Waals surface area (Å²) in [6.07, 6.45) is 3.41. The van der Waals surface area contributed by atoms with Gasteiger partial charge in [0.2, 0.25) is 4.77 Å². The predicted molar refractivity (Wildman–Crippen MR) is 121 cm³/mol. The Hall–Kier alpha value is -2.87. The number of aromatic nitrogens is 4. The number of H-pyrrole nitrogens is 1. The van der Waals surface area contributed by atoms with Crippen molar-refractivity contribution in [2.24, 2.45) is 0 Å². The van der Waals surface area contributed by atoms with Gasteiger partial charge < -0.3 is 10.2 Å². The second-order valence-electron chi connectivity index (χ2n) is 6.43. The molecule has 9 heteroatoms. The maximum Gasteiger partial charge on any atom is 0.214 e. The zero-order valence-electron chi connectivity index (χ0n) is 15.7. The molecule has 0 unspecified atom stereocenters. The van der Waals surface area contributed by atoms with Crippen molar-refractivity contribution in [2.75, 3.05) is 5.43 Å². The summed E-state index contributed by atoms with van der Waals surface area (Å²) in [7, 11) is 0. The lowest BCUT2D eigenvalue weighted by atomic mass is 10.2. The summed E-state index contributed by atoms with van der Waals surface area (Å²) in [6, 6.07) is 16.8. The zero-order valence-corrected chi connectivity index (χ0v) is 18.0. The summed E-state index contributed by atoms with van der Waals surface area (Å²) >= 11 is 17.6. The molecule has 2 aromatic heterocycles. The third kappa shape index (κ3) is 4.81. The molecule has 0 bridgehead atoms. The summed E-state index contributed by atoms with van der Waals surface area (Å²) in [5, 5.41) is 8.41. The molecule has 4 aromatic rings. The molecule has 0 fully saturated rings. The molecule has 0 saturated carbocycles. The van der Waals surface area contributed by atoms with Gasteiger partial charge >= 0.3 is 0 Å². The zero-order chi connectivity index (χ0) is 20.9. The van der Waals surface area contributed by atoms with Crippen molar-refractivity contribution in [2.45, 2.75) is 13.2 Å². The minimum absolute atomic E-state index is 0.391. The Morgan fingerprint density at radius 1 is 1.03 bits per heavy atom. The number of ether oxygens (including phenoxy) is 1. The molecule has 30 heavy (non-hydrogen) atoms. The van der Waals surface area contributed by atoms with Gasteiger partial charge in [-0.05, 0) is 60.2 Å². The van der Waals surface area contributed by atoms with Crippen LogP contribution in [0.1, 0.15) is 11.1 Å². The molecule has 0 amide bonds. The quantitative estimate of drug-likeness (QED) is 0.351. The van der Waals surface area contributed by atoms with Gasteiger partial charge in [0.1, 0.15) is 12.4 Å². The van der Waals surface area contributed by atoms with E-state index in [2.05, 4.69) is 20.6 Å². The number of nitrogens with one attached hydrogen (secondary N) is 2. The van der Waals surface area contributed by atoms with E-state index in [0.29, 0.717) is 39.5 Å². The number of rotatable bonds is 7. The molecule has 0 radical (unpaired) electrons. The highest BCUT2D eigenvalue weighted by Crippen LogP contribution is 2.25. The average molecular weight is 458 g/mol. The van der Waals surface area contributed by atoms with Crippen LogP contribution in [0.4, 0.5) is 0 Å². The van der Waals surface area contributed by atoms with Crippen LogP contribution in [0, 0.1) is 4.77 Å². The molecule has 6 nitrogen and oxygen atoms in total. The number of hydrogen-bond acceptors (Lipinski definition) is 5. The van der Waals surface area contributed by atoms with E-state index in [0.717, 1.165) is 16.7 Å². The fraction of sp³-hybridized carbons (Fsp3) is 0.0952. The third-order valence-electron chi connectivity index (χ3n) is 4.34. The van der Waals surface area contributed by atoms with Gasteiger partial charge in [-0.2, -0.15) is 5.10 Å². The second kappa shape index (κ2) is 9.30. The van der Waals surface area contributed by atoms with Gasteiger partial charge in [0, 0.05) is 33.6 Å². The first kappa shape index (κ1) is 20.4. The highest BCUT2D eigenvalue weighted by molar-refractivity contribution is 7.71. The van der Waals surface area contributed by atoms with Gasteiger partial charge in [-0.25, -0.2) is 9.77 Å². The predicted octanol–water partition coefficient (Wildman–Crippen LogP) is 5.63. The first-order valence-electron chi connectivity index (χ1n) is 9.07. The van der Waals surface area contributed by atoms with Gasteiger partial charge in [0.25, 0.3) is 0 Å². The van der Waals surface area contributed by atoms with E-state index in [4.69, 9.17) is 40.2 Å². The van der Waals surface area contributed by atoms with Crippen LogP contribution in [-0.4, -0.2) is 19.9 Å². The lowest BCUT2D eigenvalue weighted by molar-refractivity contribution is 0.303. The van der Waals surface area contributed by atoms with Crippen LogP contribution in [0.5, 0.6) is 5.75 Å². The molecule has 2 aromatic carbocycles. The van der Waals surface area contributed by atoms with Gasteiger partial charge in [-0.3, -0.25) is 4.98 Å². The molecule has 152 valence electrons. The van der Waals surface area contributed by atoms with E-state index < -0.39 is 0 Å². The highest BCUT2D eigenvalue weighted by atomic mass is 35.5. The Balaban J connectivity index is 1.54. The smallest absolute Gasteiger partial charge is 0.214 e. The maximum atomic E-state index is 6.22. The van der Waals surface area contributed by atoms with E-state index in [9.17, 15) is 0 Å². The van der Waals surface area contributed by atoms with Crippen molar-refractivity contribution >= 4 is 35.4 Å². The molecule has 2 N–H and O–H groups in total. The average Bonchev–Trinajstić information content (AvgIpc) is 3.12. The Kier molecular flexibility index (Phi) is 6.32. The summed E-state index contributed by atoms with van der Waals surface area (Å²) in [4.78, 5) is 4.04. The van der Waals surface area contributed by atoms with Crippen molar-refractivity contribution in [3.05, 3.63) is 92.9 Å². The number of pyridine rings is 1. The largest absolute Gasteiger partial charge is 0.489 e. The van der Waals surface area contributed by atoms with Crippen LogP contribution in [0.3, 0.4) is 0 Å². The first-order chi connectivity index (χ1) is 14.6.